The van der Waals surface area contributed by atoms with E-state index in [0.717, 1.165) is 10.5 Å². The highest BCUT2D eigenvalue weighted by atomic mass is 32.2. The first-order valence-electron chi connectivity index (χ1n) is 7.79. The Kier molecular flexibility index (Phi) is 4.62. The normalized spacial score (nSPS) is 14.4. The van der Waals surface area contributed by atoms with E-state index in [9.17, 15) is 9.59 Å². The SMILES string of the molecule is Cc1ccc(C)c(S[C@H](C)C(=O)c2ccc3c(c2)NC(=O)CO3)c1. The van der Waals surface area contributed by atoms with E-state index in [-0.39, 0.29) is 23.5 Å². The van der Waals surface area contributed by atoms with E-state index in [4.69, 9.17) is 4.74 Å². The molecule has 4 nitrogen and oxygen atoms in total. The van der Waals surface area contributed by atoms with E-state index >= 15 is 0 Å². The monoisotopic (exact) mass is 341 g/mol. The van der Waals surface area contributed by atoms with E-state index in [1.54, 1.807) is 30.0 Å². The predicted octanol–water partition coefficient (Wildman–Crippen LogP) is 4.00. The van der Waals surface area contributed by atoms with Gasteiger partial charge >= 0.3 is 0 Å². The molecule has 2 aromatic rings. The van der Waals surface area contributed by atoms with Crippen LogP contribution in [0.5, 0.6) is 5.75 Å². The number of ether oxygens (including phenoxy) is 1. The first kappa shape index (κ1) is 16.6. The minimum atomic E-state index is -0.219. The molecule has 2 aromatic carbocycles. The summed E-state index contributed by atoms with van der Waals surface area (Å²) < 4.78 is 5.33. The Labute approximate surface area is 145 Å². The summed E-state index contributed by atoms with van der Waals surface area (Å²) in [6.07, 6.45) is 0. The van der Waals surface area contributed by atoms with Gasteiger partial charge in [0.25, 0.3) is 5.91 Å². The molecule has 0 bridgehead atoms. The average Bonchev–Trinajstić information content (AvgIpc) is 2.56. The zero-order valence-corrected chi connectivity index (χ0v) is 14.7. The Balaban J connectivity index is 1.79. The van der Waals surface area contributed by atoms with Gasteiger partial charge in [-0.25, -0.2) is 0 Å². The summed E-state index contributed by atoms with van der Waals surface area (Å²) in [4.78, 5) is 25.3. The van der Waals surface area contributed by atoms with Crippen molar-refractivity contribution in [3.8, 4) is 5.75 Å². The molecule has 0 saturated carbocycles. The van der Waals surface area contributed by atoms with Crippen LogP contribution >= 0.6 is 11.8 Å². The number of benzene rings is 2. The van der Waals surface area contributed by atoms with Crippen LogP contribution in [0.4, 0.5) is 5.69 Å². The van der Waals surface area contributed by atoms with Crippen LogP contribution in [0, 0.1) is 13.8 Å². The molecular formula is C19H19NO3S. The summed E-state index contributed by atoms with van der Waals surface area (Å²) in [7, 11) is 0. The Hall–Kier alpha value is -2.27. The van der Waals surface area contributed by atoms with Gasteiger partial charge in [0, 0.05) is 10.5 Å². The highest BCUT2D eigenvalue weighted by molar-refractivity contribution is 8.00. The number of hydrogen-bond donors (Lipinski definition) is 1. The van der Waals surface area contributed by atoms with Crippen molar-refractivity contribution in [2.45, 2.75) is 30.9 Å². The van der Waals surface area contributed by atoms with Crippen LogP contribution < -0.4 is 10.1 Å². The van der Waals surface area contributed by atoms with Gasteiger partial charge in [0.2, 0.25) is 0 Å². The van der Waals surface area contributed by atoms with Gasteiger partial charge < -0.3 is 10.1 Å². The van der Waals surface area contributed by atoms with E-state index in [1.807, 2.05) is 20.8 Å². The Morgan fingerprint density at radius 3 is 2.79 bits per heavy atom. The number of carbonyl (C=O) groups is 2. The molecule has 0 fully saturated rings. The van der Waals surface area contributed by atoms with Crippen molar-refractivity contribution < 1.29 is 14.3 Å². The van der Waals surface area contributed by atoms with Crippen LogP contribution in [-0.2, 0) is 4.79 Å². The molecule has 0 aliphatic carbocycles. The molecule has 5 heteroatoms. The molecule has 3 rings (SSSR count). The Bertz CT molecular complexity index is 816. The topological polar surface area (TPSA) is 55.4 Å². The van der Waals surface area contributed by atoms with Gasteiger partial charge in [-0.1, -0.05) is 17.7 Å². The lowest BCUT2D eigenvalue weighted by Gasteiger charge is -2.19. The summed E-state index contributed by atoms with van der Waals surface area (Å²) in [5.41, 5.74) is 3.47. The van der Waals surface area contributed by atoms with Crippen LogP contribution in [0.3, 0.4) is 0 Å². The van der Waals surface area contributed by atoms with Crippen molar-refractivity contribution in [2.24, 2.45) is 0 Å². The van der Waals surface area contributed by atoms with E-state index in [0.29, 0.717) is 17.0 Å². The van der Waals surface area contributed by atoms with E-state index in [1.165, 1.54) is 5.56 Å². The van der Waals surface area contributed by atoms with Crippen molar-refractivity contribution in [2.75, 3.05) is 11.9 Å². The second kappa shape index (κ2) is 6.69. The van der Waals surface area contributed by atoms with Gasteiger partial charge in [-0.2, -0.15) is 0 Å². The number of thioether (sulfide) groups is 1. The number of nitrogens with one attached hydrogen (secondary N) is 1. The quantitative estimate of drug-likeness (QED) is 0.675. The van der Waals surface area contributed by atoms with Gasteiger partial charge in [-0.05, 0) is 50.6 Å². The van der Waals surface area contributed by atoms with E-state index < -0.39 is 0 Å². The second-order valence-electron chi connectivity index (χ2n) is 5.94. The number of carbonyl (C=O) groups excluding carboxylic acids is 2. The molecule has 1 amide bonds. The van der Waals surface area contributed by atoms with Crippen molar-refractivity contribution >= 4 is 29.1 Å². The standard InChI is InChI=1S/C19H19NO3S/c1-11-4-5-12(2)17(8-11)24-13(3)19(22)14-6-7-16-15(9-14)20-18(21)10-23-16/h4-9,13H,10H2,1-3H3,(H,20,21)/t13-/m1/s1. The molecule has 1 aliphatic heterocycles. The zero-order chi connectivity index (χ0) is 17.3. The van der Waals surface area contributed by atoms with Crippen LogP contribution in [0.1, 0.15) is 28.4 Å². The third-order valence-electron chi connectivity index (χ3n) is 3.91. The molecule has 1 atom stereocenters. The number of Topliss-reactive ketones (excluding diaryl/α,β-unsaturated/α-hetero) is 1. The molecule has 0 spiro atoms. The number of rotatable bonds is 4. The third kappa shape index (κ3) is 3.46. The maximum absolute atomic E-state index is 12.7. The fourth-order valence-corrected chi connectivity index (χ4v) is 3.68. The molecule has 0 saturated heterocycles. The van der Waals surface area contributed by atoms with Crippen LogP contribution in [0.15, 0.2) is 41.3 Å². The number of hydrogen-bond acceptors (Lipinski definition) is 4. The highest BCUT2D eigenvalue weighted by Crippen LogP contribution is 2.32. The van der Waals surface area contributed by atoms with Gasteiger partial charge in [0.1, 0.15) is 5.75 Å². The molecule has 1 heterocycles. The molecule has 0 radical (unpaired) electrons. The van der Waals surface area contributed by atoms with Crippen molar-refractivity contribution in [1.82, 2.24) is 0 Å². The number of fused-ring (bicyclic) bond motifs is 1. The summed E-state index contributed by atoms with van der Waals surface area (Å²) in [6.45, 7) is 6.01. The Morgan fingerprint density at radius 1 is 1.21 bits per heavy atom. The van der Waals surface area contributed by atoms with E-state index in [2.05, 4.69) is 23.5 Å². The first-order valence-corrected chi connectivity index (χ1v) is 8.67. The average molecular weight is 341 g/mol. The fourth-order valence-electron chi connectivity index (χ4n) is 2.55. The maximum Gasteiger partial charge on any atom is 0.262 e. The third-order valence-corrected chi connectivity index (χ3v) is 5.17. The second-order valence-corrected chi connectivity index (χ2v) is 7.32. The smallest absolute Gasteiger partial charge is 0.262 e. The molecule has 24 heavy (non-hydrogen) atoms. The lowest BCUT2D eigenvalue weighted by molar-refractivity contribution is -0.118. The first-order chi connectivity index (χ1) is 11.4. The summed E-state index contributed by atoms with van der Waals surface area (Å²) >= 11 is 1.56. The number of amides is 1. The molecule has 1 aliphatic rings. The molecule has 124 valence electrons. The maximum atomic E-state index is 12.7. The molecular weight excluding hydrogens is 322 g/mol. The molecule has 0 aromatic heterocycles. The van der Waals surface area contributed by atoms with Gasteiger partial charge in [-0.15, -0.1) is 11.8 Å². The minimum Gasteiger partial charge on any atom is -0.482 e. The Morgan fingerprint density at radius 2 is 2.00 bits per heavy atom. The van der Waals surface area contributed by atoms with Crippen LogP contribution in [-0.4, -0.2) is 23.5 Å². The predicted molar refractivity (Wildman–Crippen MR) is 96.1 cm³/mol. The van der Waals surface area contributed by atoms with Crippen molar-refractivity contribution in [3.63, 3.8) is 0 Å². The van der Waals surface area contributed by atoms with Crippen molar-refractivity contribution in [3.05, 3.63) is 53.1 Å². The van der Waals surface area contributed by atoms with Crippen molar-refractivity contribution in [1.29, 1.82) is 0 Å². The van der Waals surface area contributed by atoms with Gasteiger partial charge in [-0.3, -0.25) is 9.59 Å². The summed E-state index contributed by atoms with van der Waals surface area (Å²) in [5.74, 6) is 0.425. The van der Waals surface area contributed by atoms with Gasteiger partial charge in [0.15, 0.2) is 12.4 Å². The van der Waals surface area contributed by atoms with Gasteiger partial charge in [0.05, 0.1) is 10.9 Å². The number of ketones is 1. The minimum absolute atomic E-state index is 0.0131. The zero-order valence-electron chi connectivity index (χ0n) is 13.9. The van der Waals surface area contributed by atoms with Crippen LogP contribution in [0.2, 0.25) is 0 Å². The summed E-state index contributed by atoms with van der Waals surface area (Å²) in [5, 5.41) is 2.52. The van der Waals surface area contributed by atoms with Crippen LogP contribution in [0.25, 0.3) is 0 Å². The number of anilines is 1. The molecule has 0 unspecified atom stereocenters. The lowest BCUT2D eigenvalue weighted by Crippen LogP contribution is -2.25. The number of aryl methyl sites for hydroxylation is 2. The summed E-state index contributed by atoms with van der Waals surface area (Å²) in [6, 6.07) is 11.4. The largest absolute Gasteiger partial charge is 0.482 e. The lowest BCUT2D eigenvalue weighted by atomic mass is 10.1. The highest BCUT2D eigenvalue weighted by Gasteiger charge is 2.21. The fraction of sp³-hybridized carbons (Fsp3) is 0.263. The molecule has 1 N–H and O–H groups in total.